The molecule has 1 heterocycles. The van der Waals surface area contributed by atoms with Gasteiger partial charge in [0, 0.05) is 19.2 Å². The molecule has 2 rings (SSSR count). The van der Waals surface area contributed by atoms with Crippen LogP contribution in [0.4, 0.5) is 5.69 Å². The Kier molecular flexibility index (Phi) is 3.11. The third-order valence-electron chi connectivity index (χ3n) is 3.92. The van der Waals surface area contributed by atoms with E-state index in [2.05, 4.69) is 0 Å². The molecule has 2 amide bonds. The van der Waals surface area contributed by atoms with Crippen molar-refractivity contribution in [1.82, 2.24) is 4.90 Å². The molecular formula is C14H18N2O2. The minimum absolute atomic E-state index is 0.0977. The molecule has 0 aromatic heterocycles. The summed E-state index contributed by atoms with van der Waals surface area (Å²) in [5, 5.41) is 0. The van der Waals surface area contributed by atoms with E-state index in [1.807, 2.05) is 19.1 Å². The standard InChI is InChI=1S/C14H18N2O2/c1-3-14(10-4-6-11(15)7-5-10)9-8-12(17)16(2)13(14)18/h4-7H,3,8-9,15H2,1-2H3/t14-/m1/s1. The number of nitrogen functional groups attached to an aromatic ring is 1. The van der Waals surface area contributed by atoms with Gasteiger partial charge in [-0.05, 0) is 30.5 Å². The number of likely N-dealkylation sites (tertiary alicyclic amines) is 1. The van der Waals surface area contributed by atoms with Crippen LogP contribution >= 0.6 is 0 Å². The highest BCUT2D eigenvalue weighted by atomic mass is 16.2. The maximum absolute atomic E-state index is 12.4. The molecule has 0 bridgehead atoms. The Morgan fingerprint density at radius 1 is 1.28 bits per heavy atom. The van der Waals surface area contributed by atoms with E-state index in [4.69, 9.17) is 5.73 Å². The predicted molar refractivity (Wildman–Crippen MR) is 69.8 cm³/mol. The highest BCUT2D eigenvalue weighted by molar-refractivity contribution is 6.03. The summed E-state index contributed by atoms with van der Waals surface area (Å²) in [7, 11) is 1.56. The first-order valence-electron chi connectivity index (χ1n) is 6.18. The normalized spacial score (nSPS) is 24.4. The van der Waals surface area contributed by atoms with Gasteiger partial charge in [0.25, 0.3) is 0 Å². The zero-order chi connectivity index (χ0) is 13.3. The van der Waals surface area contributed by atoms with Gasteiger partial charge in [-0.3, -0.25) is 14.5 Å². The van der Waals surface area contributed by atoms with E-state index in [0.29, 0.717) is 24.9 Å². The van der Waals surface area contributed by atoms with Gasteiger partial charge in [-0.2, -0.15) is 0 Å². The SMILES string of the molecule is CC[C@]1(c2ccc(N)cc2)CCC(=O)N(C)C1=O. The summed E-state index contributed by atoms with van der Waals surface area (Å²) in [4.78, 5) is 25.3. The molecule has 0 saturated carbocycles. The summed E-state index contributed by atoms with van der Waals surface area (Å²) in [5.74, 6) is -0.203. The lowest BCUT2D eigenvalue weighted by molar-refractivity contribution is -0.151. The van der Waals surface area contributed by atoms with Crippen molar-refractivity contribution in [3.63, 3.8) is 0 Å². The zero-order valence-corrected chi connectivity index (χ0v) is 10.8. The van der Waals surface area contributed by atoms with Crippen LogP contribution in [0.2, 0.25) is 0 Å². The summed E-state index contributed by atoms with van der Waals surface area (Å²) < 4.78 is 0. The quantitative estimate of drug-likeness (QED) is 0.638. The van der Waals surface area contributed by atoms with Crippen LogP contribution in [0.3, 0.4) is 0 Å². The Bertz CT molecular complexity index is 481. The molecule has 0 radical (unpaired) electrons. The Morgan fingerprint density at radius 3 is 2.44 bits per heavy atom. The fraction of sp³-hybridized carbons (Fsp3) is 0.429. The number of nitrogens with two attached hydrogens (primary N) is 1. The average molecular weight is 246 g/mol. The van der Waals surface area contributed by atoms with Crippen molar-refractivity contribution in [1.29, 1.82) is 0 Å². The molecule has 18 heavy (non-hydrogen) atoms. The number of likely N-dealkylation sites (N-methyl/N-ethyl adjacent to an activating group) is 1. The molecule has 0 spiro atoms. The molecule has 0 aliphatic carbocycles. The summed E-state index contributed by atoms with van der Waals surface area (Å²) >= 11 is 0. The number of piperidine rings is 1. The molecule has 1 aromatic rings. The van der Waals surface area contributed by atoms with Gasteiger partial charge in [0.1, 0.15) is 0 Å². The van der Waals surface area contributed by atoms with E-state index >= 15 is 0 Å². The van der Waals surface area contributed by atoms with Crippen LogP contribution < -0.4 is 5.73 Å². The van der Waals surface area contributed by atoms with Gasteiger partial charge in [-0.15, -0.1) is 0 Å². The van der Waals surface area contributed by atoms with Crippen molar-refractivity contribution in [2.45, 2.75) is 31.6 Å². The van der Waals surface area contributed by atoms with Crippen molar-refractivity contribution in [2.75, 3.05) is 12.8 Å². The van der Waals surface area contributed by atoms with E-state index in [1.165, 1.54) is 4.90 Å². The van der Waals surface area contributed by atoms with Gasteiger partial charge >= 0.3 is 0 Å². The van der Waals surface area contributed by atoms with Crippen LogP contribution in [-0.2, 0) is 15.0 Å². The first-order valence-corrected chi connectivity index (χ1v) is 6.18. The molecular weight excluding hydrogens is 228 g/mol. The lowest BCUT2D eigenvalue weighted by Crippen LogP contribution is -2.51. The molecule has 0 unspecified atom stereocenters. The molecule has 1 aliphatic rings. The van der Waals surface area contributed by atoms with Gasteiger partial charge in [0.2, 0.25) is 11.8 Å². The number of benzene rings is 1. The maximum Gasteiger partial charge on any atom is 0.239 e. The van der Waals surface area contributed by atoms with Crippen LogP contribution in [0.5, 0.6) is 0 Å². The minimum Gasteiger partial charge on any atom is -0.399 e. The Balaban J connectivity index is 2.45. The topological polar surface area (TPSA) is 63.4 Å². The number of carbonyl (C=O) groups excluding carboxylic acids is 2. The largest absolute Gasteiger partial charge is 0.399 e. The van der Waals surface area contributed by atoms with Crippen molar-refractivity contribution in [3.8, 4) is 0 Å². The number of hydrogen-bond acceptors (Lipinski definition) is 3. The summed E-state index contributed by atoms with van der Waals surface area (Å²) in [6.07, 6.45) is 1.68. The van der Waals surface area contributed by atoms with Crippen LogP contribution in [0, 0.1) is 0 Å². The van der Waals surface area contributed by atoms with E-state index in [-0.39, 0.29) is 11.8 Å². The molecule has 1 saturated heterocycles. The van der Waals surface area contributed by atoms with E-state index in [0.717, 1.165) is 5.56 Å². The Labute approximate surface area is 107 Å². The number of anilines is 1. The smallest absolute Gasteiger partial charge is 0.239 e. The number of nitrogens with zero attached hydrogens (tertiary/aromatic N) is 1. The summed E-state index contributed by atoms with van der Waals surface area (Å²) in [6, 6.07) is 7.38. The Hall–Kier alpha value is -1.84. The number of rotatable bonds is 2. The summed E-state index contributed by atoms with van der Waals surface area (Å²) in [6.45, 7) is 1.98. The zero-order valence-electron chi connectivity index (χ0n) is 10.8. The van der Waals surface area contributed by atoms with Gasteiger partial charge in [-0.1, -0.05) is 19.1 Å². The number of amides is 2. The van der Waals surface area contributed by atoms with Crippen molar-refractivity contribution >= 4 is 17.5 Å². The van der Waals surface area contributed by atoms with Crippen LogP contribution in [0.1, 0.15) is 31.7 Å². The monoisotopic (exact) mass is 246 g/mol. The fourth-order valence-electron chi connectivity index (χ4n) is 2.63. The lowest BCUT2D eigenvalue weighted by Gasteiger charge is -2.39. The molecule has 96 valence electrons. The van der Waals surface area contributed by atoms with Gasteiger partial charge in [-0.25, -0.2) is 0 Å². The second-order valence-electron chi connectivity index (χ2n) is 4.82. The fourth-order valence-corrected chi connectivity index (χ4v) is 2.63. The highest BCUT2D eigenvalue weighted by Gasteiger charge is 2.45. The molecule has 1 atom stereocenters. The van der Waals surface area contributed by atoms with Crippen LogP contribution in [0.25, 0.3) is 0 Å². The molecule has 1 aliphatic heterocycles. The average Bonchev–Trinajstić information content (AvgIpc) is 2.38. The molecule has 4 nitrogen and oxygen atoms in total. The third kappa shape index (κ3) is 1.78. The minimum atomic E-state index is -0.573. The van der Waals surface area contributed by atoms with E-state index in [9.17, 15) is 9.59 Å². The predicted octanol–water partition coefficient (Wildman–Crippen LogP) is 1.70. The molecule has 1 aromatic carbocycles. The van der Waals surface area contributed by atoms with Gasteiger partial charge < -0.3 is 5.73 Å². The van der Waals surface area contributed by atoms with Crippen molar-refractivity contribution in [2.24, 2.45) is 0 Å². The van der Waals surface area contributed by atoms with Gasteiger partial charge in [0.15, 0.2) is 0 Å². The number of hydrogen-bond donors (Lipinski definition) is 1. The van der Waals surface area contributed by atoms with E-state index in [1.54, 1.807) is 19.2 Å². The number of imide groups is 1. The van der Waals surface area contributed by atoms with E-state index < -0.39 is 5.41 Å². The molecule has 4 heteroatoms. The van der Waals surface area contributed by atoms with Gasteiger partial charge in [0.05, 0.1) is 5.41 Å². The second kappa shape index (κ2) is 4.44. The van der Waals surface area contributed by atoms with Crippen molar-refractivity contribution in [3.05, 3.63) is 29.8 Å². The van der Waals surface area contributed by atoms with Crippen LogP contribution in [0.15, 0.2) is 24.3 Å². The third-order valence-corrected chi connectivity index (χ3v) is 3.92. The molecule has 2 N–H and O–H groups in total. The second-order valence-corrected chi connectivity index (χ2v) is 4.82. The number of carbonyl (C=O) groups is 2. The molecule has 1 fully saturated rings. The summed E-state index contributed by atoms with van der Waals surface area (Å²) in [5.41, 5.74) is 6.73. The van der Waals surface area contributed by atoms with Crippen molar-refractivity contribution < 1.29 is 9.59 Å². The lowest BCUT2D eigenvalue weighted by atomic mass is 9.71. The first kappa shape index (κ1) is 12.6. The highest BCUT2D eigenvalue weighted by Crippen LogP contribution is 2.38. The van der Waals surface area contributed by atoms with Crippen LogP contribution in [-0.4, -0.2) is 23.8 Å². The maximum atomic E-state index is 12.4. The first-order chi connectivity index (χ1) is 8.51. The Morgan fingerprint density at radius 2 is 1.89 bits per heavy atom.